The number of ether oxygens (including phenoxy) is 2. The Morgan fingerprint density at radius 3 is 2.45 bits per heavy atom. The lowest BCUT2D eigenvalue weighted by molar-refractivity contribution is 0.0697. The third-order valence-corrected chi connectivity index (χ3v) is 6.61. The fraction of sp³-hybridized carbons (Fsp3) is 0.0968. The molecule has 0 amide bonds. The fourth-order valence-electron chi connectivity index (χ4n) is 4.09. The molecule has 8 nitrogen and oxygen atoms in total. The van der Waals surface area contributed by atoms with E-state index >= 15 is 0 Å². The van der Waals surface area contributed by atoms with Gasteiger partial charge in [-0.15, -0.1) is 0 Å². The Kier molecular flexibility index (Phi) is 8.02. The van der Waals surface area contributed by atoms with Crippen molar-refractivity contribution in [1.29, 1.82) is 0 Å². The molecule has 0 aliphatic carbocycles. The zero-order valence-electron chi connectivity index (χ0n) is 21.5. The molecule has 4 aromatic carbocycles. The summed E-state index contributed by atoms with van der Waals surface area (Å²) in [6.45, 7) is 2.49. The predicted molar refractivity (Wildman–Crippen MR) is 157 cm³/mol. The molecule has 1 heterocycles. The molecule has 0 saturated heterocycles. The number of aromatic nitrogens is 2. The third kappa shape index (κ3) is 5.79. The normalized spacial score (nSPS) is 11.2. The first-order chi connectivity index (χ1) is 19.4. The number of carboxylic acid groups (broad SMARTS) is 1. The van der Waals surface area contributed by atoms with E-state index < -0.39 is 5.97 Å². The van der Waals surface area contributed by atoms with E-state index in [1.807, 2.05) is 55.5 Å². The lowest BCUT2D eigenvalue weighted by atomic mass is 10.1. The van der Waals surface area contributed by atoms with Crippen LogP contribution in [0.4, 0.5) is 0 Å². The third-order valence-electron chi connectivity index (χ3n) is 6.02. The SMILES string of the molecule is CCOc1cc(C=Nn2c(-c3ccccc3)nc3ccccc3c2=O)cc(Br)c1OCc1ccc(C(=O)O)cc1. The van der Waals surface area contributed by atoms with Crippen LogP contribution in [-0.4, -0.2) is 33.6 Å². The van der Waals surface area contributed by atoms with Gasteiger partial charge in [0.15, 0.2) is 17.3 Å². The highest BCUT2D eigenvalue weighted by atomic mass is 79.9. The second-order valence-electron chi connectivity index (χ2n) is 8.73. The lowest BCUT2D eigenvalue weighted by Crippen LogP contribution is -2.20. The number of carboxylic acids is 1. The molecule has 0 radical (unpaired) electrons. The Bertz CT molecular complexity index is 1770. The molecule has 0 atom stereocenters. The van der Waals surface area contributed by atoms with Crippen LogP contribution in [0.1, 0.15) is 28.4 Å². The molecular formula is C31H24BrN3O5. The average Bonchev–Trinajstić information content (AvgIpc) is 2.97. The predicted octanol–water partition coefficient (Wildman–Crippen LogP) is 6.38. The number of nitrogens with zero attached hydrogens (tertiary/aromatic N) is 3. The van der Waals surface area contributed by atoms with Crippen LogP contribution in [0.5, 0.6) is 11.5 Å². The number of hydrogen-bond donors (Lipinski definition) is 1. The van der Waals surface area contributed by atoms with E-state index in [-0.39, 0.29) is 17.7 Å². The topological polar surface area (TPSA) is 103 Å². The van der Waals surface area contributed by atoms with E-state index in [2.05, 4.69) is 21.0 Å². The monoisotopic (exact) mass is 597 g/mol. The Morgan fingerprint density at radius 1 is 1.00 bits per heavy atom. The molecule has 40 heavy (non-hydrogen) atoms. The highest BCUT2D eigenvalue weighted by molar-refractivity contribution is 9.10. The molecule has 0 saturated carbocycles. The minimum absolute atomic E-state index is 0.208. The van der Waals surface area contributed by atoms with Crippen LogP contribution in [0.15, 0.2) is 105 Å². The number of aromatic carboxylic acids is 1. The van der Waals surface area contributed by atoms with Crippen molar-refractivity contribution in [3.05, 3.63) is 123 Å². The molecule has 0 bridgehead atoms. The summed E-state index contributed by atoms with van der Waals surface area (Å²) in [5, 5.41) is 14.1. The van der Waals surface area contributed by atoms with Crippen LogP contribution in [0.3, 0.4) is 0 Å². The van der Waals surface area contributed by atoms with Crippen molar-refractivity contribution in [3.63, 3.8) is 0 Å². The molecule has 0 aliphatic rings. The van der Waals surface area contributed by atoms with Gasteiger partial charge in [-0.3, -0.25) is 4.79 Å². The summed E-state index contributed by atoms with van der Waals surface area (Å²) >= 11 is 3.57. The van der Waals surface area contributed by atoms with Crippen molar-refractivity contribution in [3.8, 4) is 22.9 Å². The Balaban J connectivity index is 1.49. The molecule has 1 aromatic heterocycles. The zero-order valence-corrected chi connectivity index (χ0v) is 23.0. The number of fused-ring (bicyclic) bond motifs is 1. The van der Waals surface area contributed by atoms with Gasteiger partial charge >= 0.3 is 5.97 Å². The van der Waals surface area contributed by atoms with Crippen molar-refractivity contribution < 1.29 is 19.4 Å². The number of benzene rings is 4. The van der Waals surface area contributed by atoms with Crippen LogP contribution in [0, 0.1) is 0 Å². The van der Waals surface area contributed by atoms with Gasteiger partial charge in [0.2, 0.25) is 0 Å². The van der Waals surface area contributed by atoms with Gasteiger partial charge in [-0.05, 0) is 70.4 Å². The maximum atomic E-state index is 13.4. The molecule has 0 unspecified atom stereocenters. The smallest absolute Gasteiger partial charge is 0.335 e. The maximum absolute atomic E-state index is 13.4. The molecule has 5 aromatic rings. The summed E-state index contributed by atoms with van der Waals surface area (Å²) in [4.78, 5) is 29.3. The first-order valence-corrected chi connectivity index (χ1v) is 13.3. The zero-order chi connectivity index (χ0) is 28.1. The summed E-state index contributed by atoms with van der Waals surface area (Å²) in [5.41, 5.74) is 2.77. The second-order valence-corrected chi connectivity index (χ2v) is 9.59. The lowest BCUT2D eigenvalue weighted by Gasteiger charge is -2.15. The molecule has 9 heteroatoms. The van der Waals surface area contributed by atoms with Crippen molar-refractivity contribution in [1.82, 2.24) is 9.66 Å². The van der Waals surface area contributed by atoms with Crippen LogP contribution in [-0.2, 0) is 6.61 Å². The quantitative estimate of drug-likeness (QED) is 0.198. The van der Waals surface area contributed by atoms with E-state index in [9.17, 15) is 9.59 Å². The Morgan fingerprint density at radius 2 is 1.73 bits per heavy atom. The molecule has 0 fully saturated rings. The minimum Gasteiger partial charge on any atom is -0.490 e. The number of halogens is 1. The number of rotatable bonds is 9. The van der Waals surface area contributed by atoms with Crippen LogP contribution >= 0.6 is 15.9 Å². The van der Waals surface area contributed by atoms with Crippen LogP contribution in [0.2, 0.25) is 0 Å². The van der Waals surface area contributed by atoms with Gasteiger partial charge in [0.05, 0.1) is 33.8 Å². The maximum Gasteiger partial charge on any atom is 0.335 e. The minimum atomic E-state index is -0.983. The largest absolute Gasteiger partial charge is 0.490 e. The molecule has 0 aliphatic heterocycles. The molecule has 5 rings (SSSR count). The van der Waals surface area contributed by atoms with Crippen LogP contribution < -0.4 is 15.0 Å². The summed E-state index contributed by atoms with van der Waals surface area (Å²) in [6, 6.07) is 26.7. The van der Waals surface area contributed by atoms with Crippen LogP contribution in [0.25, 0.3) is 22.3 Å². The highest BCUT2D eigenvalue weighted by Gasteiger charge is 2.15. The highest BCUT2D eigenvalue weighted by Crippen LogP contribution is 2.37. The Hall–Kier alpha value is -4.76. The van der Waals surface area contributed by atoms with E-state index in [1.54, 1.807) is 36.5 Å². The number of carbonyl (C=O) groups is 1. The van der Waals surface area contributed by atoms with E-state index in [0.717, 1.165) is 11.1 Å². The first kappa shape index (κ1) is 26.8. The molecule has 1 N–H and O–H groups in total. The van der Waals surface area contributed by atoms with Crippen molar-refractivity contribution in [2.75, 3.05) is 6.61 Å². The summed E-state index contributed by atoms with van der Waals surface area (Å²) in [6.07, 6.45) is 1.58. The molecule has 0 spiro atoms. The van der Waals surface area contributed by atoms with Crippen molar-refractivity contribution in [2.45, 2.75) is 13.5 Å². The Labute approximate surface area is 238 Å². The van der Waals surface area contributed by atoms with E-state index in [1.165, 1.54) is 16.8 Å². The molecule has 200 valence electrons. The van der Waals surface area contributed by atoms with Gasteiger partial charge in [-0.25, -0.2) is 9.78 Å². The van der Waals surface area contributed by atoms with Gasteiger partial charge in [-0.1, -0.05) is 54.6 Å². The van der Waals surface area contributed by atoms with Gasteiger partial charge in [-0.2, -0.15) is 9.78 Å². The molecular weight excluding hydrogens is 574 g/mol. The standard InChI is InChI=1S/C31H24BrN3O5/c1-2-39-27-17-21(16-25(32)28(27)40-19-20-12-14-23(15-13-20)31(37)38)18-33-35-29(22-8-4-3-5-9-22)34-26-11-7-6-10-24(26)30(35)36/h3-18H,2,19H2,1H3,(H,37,38). The fourth-order valence-corrected chi connectivity index (χ4v) is 4.67. The average molecular weight is 598 g/mol. The number of para-hydroxylation sites is 1. The summed E-state index contributed by atoms with van der Waals surface area (Å²) in [5.74, 6) is 0.436. The van der Waals surface area contributed by atoms with E-state index in [0.29, 0.717) is 44.9 Å². The van der Waals surface area contributed by atoms with E-state index in [4.69, 9.17) is 19.6 Å². The second kappa shape index (κ2) is 12.0. The van der Waals surface area contributed by atoms with Gasteiger partial charge in [0.25, 0.3) is 5.56 Å². The first-order valence-electron chi connectivity index (χ1n) is 12.5. The van der Waals surface area contributed by atoms with Gasteiger partial charge in [0, 0.05) is 5.56 Å². The van der Waals surface area contributed by atoms with Gasteiger partial charge < -0.3 is 14.6 Å². The summed E-state index contributed by atoms with van der Waals surface area (Å²) in [7, 11) is 0. The van der Waals surface area contributed by atoms with Gasteiger partial charge in [0.1, 0.15) is 6.61 Å². The van der Waals surface area contributed by atoms with Crippen molar-refractivity contribution in [2.24, 2.45) is 5.10 Å². The summed E-state index contributed by atoms with van der Waals surface area (Å²) < 4.78 is 13.8. The number of hydrogen-bond acceptors (Lipinski definition) is 6. The van der Waals surface area contributed by atoms with Crippen molar-refractivity contribution >= 4 is 39.0 Å².